The number of carbonyl (C=O) groups excluding carboxylic acids is 1. The fraction of sp³-hybridized carbons (Fsp3) is 0.211. The van der Waals surface area contributed by atoms with Gasteiger partial charge < -0.3 is 4.98 Å². The van der Waals surface area contributed by atoms with E-state index >= 15 is 0 Å². The summed E-state index contributed by atoms with van der Waals surface area (Å²) in [5, 5.41) is 0.893. The summed E-state index contributed by atoms with van der Waals surface area (Å²) < 4.78 is 14.3. The van der Waals surface area contributed by atoms with E-state index in [4.69, 9.17) is 0 Å². The zero-order valence-corrected chi connectivity index (χ0v) is 12.7. The van der Waals surface area contributed by atoms with Gasteiger partial charge in [-0.3, -0.25) is 4.79 Å². The molecule has 0 saturated carbocycles. The maximum atomic E-state index is 14.3. The summed E-state index contributed by atoms with van der Waals surface area (Å²) in [6, 6.07) is 12.5. The van der Waals surface area contributed by atoms with Gasteiger partial charge in [-0.15, -0.1) is 0 Å². The maximum Gasteiger partial charge on any atom is 0.179 e. The van der Waals surface area contributed by atoms with Crippen LogP contribution in [0.1, 0.15) is 35.8 Å². The minimum absolute atomic E-state index is 0.0228. The molecule has 0 atom stereocenters. The number of aromatic nitrogens is 1. The minimum Gasteiger partial charge on any atom is -0.352 e. The fourth-order valence-electron chi connectivity index (χ4n) is 2.81. The van der Waals surface area contributed by atoms with E-state index in [-0.39, 0.29) is 11.6 Å². The Morgan fingerprint density at radius 3 is 2.68 bits per heavy atom. The molecular formula is C19H18FNO. The first-order valence-corrected chi connectivity index (χ1v) is 7.52. The zero-order valence-electron chi connectivity index (χ0n) is 12.7. The molecule has 3 heteroatoms. The molecule has 1 heterocycles. The Balaban J connectivity index is 2.33. The van der Waals surface area contributed by atoms with Gasteiger partial charge in [0.1, 0.15) is 5.82 Å². The van der Waals surface area contributed by atoms with Gasteiger partial charge in [-0.05, 0) is 31.5 Å². The molecule has 0 bridgehead atoms. The number of fused-ring (bicyclic) bond motifs is 1. The van der Waals surface area contributed by atoms with Gasteiger partial charge in [0, 0.05) is 28.5 Å². The summed E-state index contributed by atoms with van der Waals surface area (Å²) in [5.41, 5.74) is 3.60. The third kappa shape index (κ3) is 2.43. The molecule has 0 saturated heterocycles. The number of aromatic amines is 1. The number of carbonyl (C=O) groups is 1. The Hall–Kier alpha value is -2.42. The van der Waals surface area contributed by atoms with Crippen molar-refractivity contribution in [2.75, 3.05) is 0 Å². The second kappa shape index (κ2) is 5.76. The monoisotopic (exact) mass is 295 g/mol. The first-order valence-electron chi connectivity index (χ1n) is 7.52. The number of rotatable bonds is 4. The molecule has 22 heavy (non-hydrogen) atoms. The van der Waals surface area contributed by atoms with Gasteiger partial charge in [0.05, 0.1) is 5.69 Å². The lowest BCUT2D eigenvalue weighted by atomic mass is 9.98. The van der Waals surface area contributed by atoms with Gasteiger partial charge in [0.15, 0.2) is 5.78 Å². The van der Waals surface area contributed by atoms with Crippen LogP contribution in [0.4, 0.5) is 4.39 Å². The van der Waals surface area contributed by atoms with E-state index in [0.717, 1.165) is 22.9 Å². The van der Waals surface area contributed by atoms with Crippen LogP contribution in [0.2, 0.25) is 0 Å². The number of benzene rings is 2. The first kappa shape index (κ1) is 14.5. The van der Waals surface area contributed by atoms with Crippen LogP contribution < -0.4 is 0 Å². The van der Waals surface area contributed by atoms with Crippen molar-refractivity contribution in [3.63, 3.8) is 0 Å². The number of ketones is 1. The SMILES string of the molecule is CCCC(=O)c1[nH]c2ccc(C)cc2c1-c1ccccc1F. The Labute approximate surface area is 129 Å². The van der Waals surface area contributed by atoms with Crippen LogP contribution in [-0.2, 0) is 0 Å². The second-order valence-corrected chi connectivity index (χ2v) is 5.58. The summed E-state index contributed by atoms with van der Waals surface area (Å²) in [5.74, 6) is -0.287. The van der Waals surface area contributed by atoms with Crippen molar-refractivity contribution in [1.82, 2.24) is 4.98 Å². The van der Waals surface area contributed by atoms with E-state index in [0.29, 0.717) is 23.2 Å². The van der Waals surface area contributed by atoms with Crippen molar-refractivity contribution in [2.24, 2.45) is 0 Å². The Kier molecular flexibility index (Phi) is 3.80. The normalized spacial score (nSPS) is 11.0. The number of aryl methyl sites for hydroxylation is 1. The van der Waals surface area contributed by atoms with Crippen molar-refractivity contribution in [2.45, 2.75) is 26.7 Å². The lowest BCUT2D eigenvalue weighted by molar-refractivity contribution is 0.0978. The van der Waals surface area contributed by atoms with E-state index in [1.807, 2.05) is 32.0 Å². The van der Waals surface area contributed by atoms with Crippen molar-refractivity contribution < 1.29 is 9.18 Å². The molecule has 3 rings (SSSR count). The summed E-state index contributed by atoms with van der Waals surface area (Å²) >= 11 is 0. The van der Waals surface area contributed by atoms with Crippen molar-refractivity contribution >= 4 is 16.7 Å². The van der Waals surface area contributed by atoms with Gasteiger partial charge in [-0.25, -0.2) is 4.39 Å². The Bertz CT molecular complexity index is 848. The van der Waals surface area contributed by atoms with Crippen LogP contribution in [0.25, 0.3) is 22.0 Å². The average molecular weight is 295 g/mol. The number of nitrogens with one attached hydrogen (secondary N) is 1. The molecule has 0 spiro atoms. The van der Waals surface area contributed by atoms with E-state index < -0.39 is 0 Å². The highest BCUT2D eigenvalue weighted by Crippen LogP contribution is 2.35. The molecule has 2 nitrogen and oxygen atoms in total. The molecule has 0 radical (unpaired) electrons. The molecule has 1 N–H and O–H groups in total. The third-order valence-electron chi connectivity index (χ3n) is 3.85. The highest BCUT2D eigenvalue weighted by atomic mass is 19.1. The van der Waals surface area contributed by atoms with Crippen LogP contribution in [0.5, 0.6) is 0 Å². The van der Waals surface area contributed by atoms with Crippen LogP contribution in [0.15, 0.2) is 42.5 Å². The summed E-state index contributed by atoms with van der Waals surface area (Å²) in [6.07, 6.45) is 1.22. The molecule has 2 aromatic carbocycles. The topological polar surface area (TPSA) is 32.9 Å². The smallest absolute Gasteiger partial charge is 0.179 e. The summed E-state index contributed by atoms with van der Waals surface area (Å²) in [7, 11) is 0. The molecule has 112 valence electrons. The minimum atomic E-state index is -0.310. The zero-order chi connectivity index (χ0) is 15.7. The Morgan fingerprint density at radius 2 is 1.95 bits per heavy atom. The van der Waals surface area contributed by atoms with Crippen LogP contribution in [0, 0.1) is 12.7 Å². The van der Waals surface area contributed by atoms with E-state index in [9.17, 15) is 9.18 Å². The van der Waals surface area contributed by atoms with E-state index in [1.54, 1.807) is 18.2 Å². The summed E-state index contributed by atoms with van der Waals surface area (Å²) in [6.45, 7) is 3.96. The largest absolute Gasteiger partial charge is 0.352 e. The highest BCUT2D eigenvalue weighted by molar-refractivity contribution is 6.10. The van der Waals surface area contributed by atoms with Gasteiger partial charge in [0.2, 0.25) is 0 Å². The molecule has 0 aliphatic carbocycles. The molecule has 1 aromatic heterocycles. The molecule has 0 unspecified atom stereocenters. The lowest BCUT2D eigenvalue weighted by Crippen LogP contribution is -2.01. The van der Waals surface area contributed by atoms with E-state index in [1.165, 1.54) is 6.07 Å². The predicted molar refractivity (Wildman–Crippen MR) is 87.7 cm³/mol. The number of Topliss-reactive ketones (excluding diaryl/α,β-unsaturated/α-hetero) is 1. The van der Waals surface area contributed by atoms with Crippen molar-refractivity contribution in [3.05, 3.63) is 59.5 Å². The van der Waals surface area contributed by atoms with Gasteiger partial charge in [-0.2, -0.15) is 0 Å². The molecule has 0 aliphatic rings. The predicted octanol–water partition coefficient (Wildman–Crippen LogP) is 5.27. The van der Waals surface area contributed by atoms with E-state index in [2.05, 4.69) is 4.98 Å². The van der Waals surface area contributed by atoms with Crippen molar-refractivity contribution in [3.8, 4) is 11.1 Å². The lowest BCUT2D eigenvalue weighted by Gasteiger charge is -2.06. The second-order valence-electron chi connectivity index (χ2n) is 5.58. The number of hydrogen-bond donors (Lipinski definition) is 1. The standard InChI is InChI=1S/C19H18FNO/c1-3-6-17(22)19-18(13-7-4-5-8-15(13)20)14-11-12(2)9-10-16(14)21-19/h4-5,7-11,21H,3,6H2,1-2H3. The van der Waals surface area contributed by atoms with Crippen LogP contribution in [0.3, 0.4) is 0 Å². The Morgan fingerprint density at radius 1 is 1.18 bits per heavy atom. The van der Waals surface area contributed by atoms with Gasteiger partial charge >= 0.3 is 0 Å². The number of H-pyrrole nitrogens is 1. The quantitative estimate of drug-likeness (QED) is 0.654. The van der Waals surface area contributed by atoms with Crippen LogP contribution >= 0.6 is 0 Å². The van der Waals surface area contributed by atoms with Crippen molar-refractivity contribution in [1.29, 1.82) is 0 Å². The molecule has 0 aliphatic heterocycles. The maximum absolute atomic E-state index is 14.3. The third-order valence-corrected chi connectivity index (χ3v) is 3.85. The fourth-order valence-corrected chi connectivity index (χ4v) is 2.81. The molecule has 3 aromatic rings. The number of halogens is 1. The molecule has 0 fully saturated rings. The summed E-state index contributed by atoms with van der Waals surface area (Å²) in [4.78, 5) is 15.6. The number of hydrogen-bond acceptors (Lipinski definition) is 1. The molecular weight excluding hydrogens is 277 g/mol. The molecule has 0 amide bonds. The van der Waals surface area contributed by atoms with Gasteiger partial charge in [-0.1, -0.05) is 36.8 Å². The average Bonchev–Trinajstić information content (AvgIpc) is 2.86. The first-order chi connectivity index (χ1) is 10.6. The highest BCUT2D eigenvalue weighted by Gasteiger charge is 2.20. The van der Waals surface area contributed by atoms with Crippen LogP contribution in [-0.4, -0.2) is 10.8 Å². The van der Waals surface area contributed by atoms with Gasteiger partial charge in [0.25, 0.3) is 0 Å².